The number of carbonyl (C=O) groups is 2. The second-order valence-corrected chi connectivity index (χ2v) is 7.41. The van der Waals surface area contributed by atoms with Crippen LogP contribution in [0, 0.1) is 0 Å². The van der Waals surface area contributed by atoms with Crippen molar-refractivity contribution in [2.45, 2.75) is 26.0 Å². The maximum absolute atomic E-state index is 12.6. The van der Waals surface area contributed by atoms with E-state index in [9.17, 15) is 14.7 Å². The highest BCUT2D eigenvalue weighted by Crippen LogP contribution is 2.22. The van der Waals surface area contributed by atoms with E-state index in [1.807, 2.05) is 72.8 Å². The zero-order chi connectivity index (χ0) is 22.2. The first-order valence-electron chi connectivity index (χ1n) is 10.3. The van der Waals surface area contributed by atoms with Crippen LogP contribution >= 0.6 is 0 Å². The van der Waals surface area contributed by atoms with Gasteiger partial charge in [0.2, 0.25) is 0 Å². The van der Waals surface area contributed by atoms with Gasteiger partial charge in [-0.2, -0.15) is 0 Å². The van der Waals surface area contributed by atoms with E-state index in [0.717, 1.165) is 22.3 Å². The fraction of sp³-hybridized carbons (Fsp3) is 0.231. The molecule has 0 aliphatic heterocycles. The third kappa shape index (κ3) is 6.03. The number of benzene rings is 3. The molecule has 160 valence electrons. The van der Waals surface area contributed by atoms with E-state index in [2.05, 4.69) is 6.07 Å². The summed E-state index contributed by atoms with van der Waals surface area (Å²) in [5.41, 5.74) is 4.70. The second kappa shape index (κ2) is 10.5. The molecule has 0 radical (unpaired) electrons. The molecule has 1 N–H and O–H groups in total. The van der Waals surface area contributed by atoms with Crippen molar-refractivity contribution in [2.75, 3.05) is 13.7 Å². The highest BCUT2D eigenvalue weighted by molar-refractivity contribution is 5.94. The number of nitrogens with zero attached hydrogens (tertiary/aromatic N) is 1. The number of carboxylic acids is 1. The summed E-state index contributed by atoms with van der Waals surface area (Å²) in [7, 11) is 1.80. The number of amides is 1. The third-order valence-electron chi connectivity index (χ3n) is 5.07. The molecule has 0 aromatic heterocycles. The van der Waals surface area contributed by atoms with Gasteiger partial charge in [0.05, 0.1) is 0 Å². The van der Waals surface area contributed by atoms with E-state index in [1.54, 1.807) is 18.9 Å². The van der Waals surface area contributed by atoms with Crippen LogP contribution in [-0.4, -0.2) is 41.6 Å². The molecule has 0 aliphatic carbocycles. The van der Waals surface area contributed by atoms with Crippen LogP contribution in [0.15, 0.2) is 78.9 Å². The molecule has 0 fully saturated rings. The van der Waals surface area contributed by atoms with Gasteiger partial charge in [0.1, 0.15) is 0 Å². The van der Waals surface area contributed by atoms with Gasteiger partial charge in [-0.25, -0.2) is 4.79 Å². The molecule has 1 unspecified atom stereocenters. The first-order valence-corrected chi connectivity index (χ1v) is 10.3. The molecule has 3 aromatic rings. The summed E-state index contributed by atoms with van der Waals surface area (Å²) in [6, 6.07) is 25.2. The Kier molecular flexibility index (Phi) is 7.57. The lowest BCUT2D eigenvalue weighted by Gasteiger charge is -2.18. The Morgan fingerprint density at radius 1 is 0.903 bits per heavy atom. The van der Waals surface area contributed by atoms with E-state index >= 15 is 0 Å². The maximum atomic E-state index is 12.6. The number of ether oxygens (including phenoxy) is 1. The van der Waals surface area contributed by atoms with Gasteiger partial charge in [-0.15, -0.1) is 0 Å². The summed E-state index contributed by atoms with van der Waals surface area (Å²) < 4.78 is 5.29. The van der Waals surface area contributed by atoms with Gasteiger partial charge in [-0.1, -0.05) is 60.7 Å². The van der Waals surface area contributed by atoms with Gasteiger partial charge >= 0.3 is 5.97 Å². The van der Waals surface area contributed by atoms with E-state index in [1.165, 1.54) is 0 Å². The van der Waals surface area contributed by atoms with Gasteiger partial charge < -0.3 is 14.7 Å². The van der Waals surface area contributed by atoms with Crippen LogP contribution in [0.3, 0.4) is 0 Å². The Hall–Kier alpha value is -3.44. The smallest absolute Gasteiger partial charge is 0.333 e. The molecule has 0 saturated heterocycles. The predicted molar refractivity (Wildman–Crippen MR) is 121 cm³/mol. The molecule has 3 aromatic carbocycles. The molecule has 0 saturated carbocycles. The minimum Gasteiger partial charge on any atom is -0.479 e. The zero-order valence-electron chi connectivity index (χ0n) is 17.8. The third-order valence-corrected chi connectivity index (χ3v) is 5.07. The monoisotopic (exact) mass is 417 g/mol. The van der Waals surface area contributed by atoms with Crippen LogP contribution < -0.4 is 0 Å². The number of rotatable bonds is 9. The van der Waals surface area contributed by atoms with E-state index < -0.39 is 12.1 Å². The zero-order valence-corrected chi connectivity index (χ0v) is 17.8. The van der Waals surface area contributed by atoms with Crippen molar-refractivity contribution < 1.29 is 19.4 Å². The van der Waals surface area contributed by atoms with Crippen LogP contribution in [0.2, 0.25) is 0 Å². The van der Waals surface area contributed by atoms with E-state index in [4.69, 9.17) is 4.74 Å². The standard InChI is InChI=1S/C26H27NO4/c1-3-31-24(26(29)30)17-19-12-14-21(15-13-19)23-11-7-8-20(16-23)18-27(2)25(28)22-9-5-4-6-10-22/h4-16,24H,3,17-18H2,1-2H3,(H,29,30). The van der Waals surface area contributed by atoms with Gasteiger partial charge in [-0.3, -0.25) is 4.79 Å². The fourth-order valence-corrected chi connectivity index (χ4v) is 3.46. The number of hydrogen-bond acceptors (Lipinski definition) is 3. The van der Waals surface area contributed by atoms with Crippen molar-refractivity contribution in [1.29, 1.82) is 0 Å². The average Bonchev–Trinajstić information content (AvgIpc) is 2.79. The van der Waals surface area contributed by atoms with E-state index in [0.29, 0.717) is 25.1 Å². The summed E-state index contributed by atoms with van der Waals surface area (Å²) in [5, 5.41) is 9.26. The van der Waals surface area contributed by atoms with Gasteiger partial charge in [0.15, 0.2) is 6.10 Å². The molecule has 1 amide bonds. The SMILES string of the molecule is CCOC(Cc1ccc(-c2cccc(CN(C)C(=O)c3ccccc3)c2)cc1)C(=O)O. The lowest BCUT2D eigenvalue weighted by molar-refractivity contribution is -0.149. The Balaban J connectivity index is 1.69. The number of carbonyl (C=O) groups excluding carboxylic acids is 1. The normalized spacial score (nSPS) is 11.7. The van der Waals surface area contributed by atoms with Gasteiger partial charge in [-0.05, 0) is 47.4 Å². The van der Waals surface area contributed by atoms with Crippen LogP contribution in [0.4, 0.5) is 0 Å². The lowest BCUT2D eigenvalue weighted by Crippen LogP contribution is -2.26. The minimum atomic E-state index is -0.951. The summed E-state index contributed by atoms with van der Waals surface area (Å²) in [4.78, 5) is 25.6. The number of hydrogen-bond donors (Lipinski definition) is 1. The molecule has 31 heavy (non-hydrogen) atoms. The summed E-state index contributed by atoms with van der Waals surface area (Å²) in [6.07, 6.45) is -0.507. The summed E-state index contributed by atoms with van der Waals surface area (Å²) >= 11 is 0. The fourth-order valence-electron chi connectivity index (χ4n) is 3.46. The van der Waals surface area contributed by atoms with Crippen molar-refractivity contribution in [2.24, 2.45) is 0 Å². The summed E-state index contributed by atoms with van der Waals surface area (Å²) in [5.74, 6) is -0.967. The molecular formula is C26H27NO4. The minimum absolute atomic E-state index is 0.0161. The first kappa shape index (κ1) is 22.2. The number of carboxylic acid groups (broad SMARTS) is 1. The molecule has 1 atom stereocenters. The topological polar surface area (TPSA) is 66.8 Å². The number of aliphatic carboxylic acids is 1. The highest BCUT2D eigenvalue weighted by atomic mass is 16.5. The van der Waals surface area contributed by atoms with E-state index in [-0.39, 0.29) is 5.91 Å². The van der Waals surface area contributed by atoms with Crippen LogP contribution in [-0.2, 0) is 22.5 Å². The molecule has 5 heteroatoms. The van der Waals surface area contributed by atoms with Crippen molar-refractivity contribution in [1.82, 2.24) is 4.90 Å². The maximum Gasteiger partial charge on any atom is 0.333 e. The lowest BCUT2D eigenvalue weighted by atomic mass is 9.99. The van der Waals surface area contributed by atoms with Crippen LogP contribution in [0.1, 0.15) is 28.4 Å². The van der Waals surface area contributed by atoms with Crippen molar-refractivity contribution in [3.8, 4) is 11.1 Å². The Morgan fingerprint density at radius 2 is 1.61 bits per heavy atom. The molecule has 0 bridgehead atoms. The highest BCUT2D eigenvalue weighted by Gasteiger charge is 2.18. The quantitative estimate of drug-likeness (QED) is 0.550. The van der Waals surface area contributed by atoms with Crippen molar-refractivity contribution in [3.05, 3.63) is 95.6 Å². The van der Waals surface area contributed by atoms with Crippen LogP contribution in [0.5, 0.6) is 0 Å². The molecule has 3 rings (SSSR count). The van der Waals surface area contributed by atoms with Gasteiger partial charge in [0, 0.05) is 32.2 Å². The summed E-state index contributed by atoms with van der Waals surface area (Å²) in [6.45, 7) is 2.66. The van der Waals surface area contributed by atoms with Crippen molar-refractivity contribution >= 4 is 11.9 Å². The molecular weight excluding hydrogens is 390 g/mol. The molecule has 0 heterocycles. The predicted octanol–water partition coefficient (Wildman–Crippen LogP) is 4.66. The Bertz CT molecular complexity index is 1020. The van der Waals surface area contributed by atoms with Gasteiger partial charge in [0.25, 0.3) is 5.91 Å². The Morgan fingerprint density at radius 3 is 2.26 bits per heavy atom. The van der Waals surface area contributed by atoms with Crippen molar-refractivity contribution in [3.63, 3.8) is 0 Å². The average molecular weight is 418 g/mol. The van der Waals surface area contributed by atoms with Crippen LogP contribution in [0.25, 0.3) is 11.1 Å². The largest absolute Gasteiger partial charge is 0.479 e. The molecule has 0 aliphatic rings. The second-order valence-electron chi connectivity index (χ2n) is 7.41. The Labute approximate surface area is 182 Å². The molecule has 5 nitrogen and oxygen atoms in total. The first-order chi connectivity index (χ1) is 15.0. The molecule has 0 spiro atoms.